The smallest absolute Gasteiger partial charge is 0.373 e. The molecule has 6 heterocycles. The van der Waals surface area contributed by atoms with Crippen LogP contribution < -0.4 is 0 Å². The van der Waals surface area contributed by atoms with Crippen molar-refractivity contribution in [3.05, 3.63) is 108 Å². The molecule has 6 fully saturated rings. The average Bonchev–Trinajstić information content (AvgIpc) is 0.776. The third-order valence-corrected chi connectivity index (χ3v) is 22.6. The molecule has 102 heavy (non-hydrogen) atoms. The van der Waals surface area contributed by atoms with Gasteiger partial charge in [0.05, 0.1) is 101 Å². The van der Waals surface area contributed by atoms with E-state index in [1.807, 2.05) is 160 Å². The van der Waals surface area contributed by atoms with Crippen LogP contribution in [-0.4, -0.2) is 189 Å². The zero-order chi connectivity index (χ0) is 74.0. The Hall–Kier alpha value is -3.77. The zero-order valence-corrected chi connectivity index (χ0v) is 62.7. The van der Waals surface area contributed by atoms with Crippen LogP contribution >= 0.6 is 0 Å². The molecule has 6 saturated heterocycles. The van der Waals surface area contributed by atoms with Crippen LogP contribution in [0.15, 0.2) is 91.0 Å². The van der Waals surface area contributed by atoms with E-state index in [1.165, 1.54) is 0 Å². The number of hydrogen-bond acceptors (Lipinski definition) is 24. The Morgan fingerprint density at radius 1 is 0.343 bits per heavy atom. The van der Waals surface area contributed by atoms with Crippen LogP contribution in [-0.2, 0) is 135 Å². The van der Waals surface area contributed by atoms with Crippen molar-refractivity contribution < 1.29 is 123 Å². The summed E-state index contributed by atoms with van der Waals surface area (Å²) in [6, 6.07) is 28.8. The summed E-state index contributed by atoms with van der Waals surface area (Å²) in [7, 11) is -14.9. The predicted molar refractivity (Wildman–Crippen MR) is 367 cm³/mol. The quantitative estimate of drug-likeness (QED) is 0.0297. The molecule has 6 aliphatic rings. The predicted octanol–water partition coefficient (Wildman–Crippen LogP) is 9.33. The van der Waals surface area contributed by atoms with Crippen molar-refractivity contribution in [1.29, 1.82) is 0 Å². The highest BCUT2D eigenvalue weighted by Crippen LogP contribution is 2.45. The third-order valence-electron chi connectivity index (χ3n) is 21.3. The van der Waals surface area contributed by atoms with Gasteiger partial charge in [-0.2, -0.15) is 25.3 Å². The molecule has 0 aliphatic carbocycles. The summed E-state index contributed by atoms with van der Waals surface area (Å²) >= 11 is 0. The Labute approximate surface area is 602 Å². The van der Waals surface area contributed by atoms with E-state index in [9.17, 15) is 38.9 Å². The van der Waals surface area contributed by atoms with E-state index in [4.69, 9.17) is 90.0 Å². The summed E-state index contributed by atoms with van der Waals surface area (Å²) in [6.07, 6.45) is -11.2. The molecular formula is C72H106O27S3. The van der Waals surface area contributed by atoms with E-state index < -0.39 is 198 Å². The molecular weight excluding hydrogens is 1390 g/mol. The molecule has 0 aromatic heterocycles. The van der Waals surface area contributed by atoms with Gasteiger partial charge in [-0.3, -0.25) is 13.7 Å². The molecule has 3 aromatic rings. The van der Waals surface area contributed by atoms with E-state index in [-0.39, 0.29) is 55.7 Å². The molecule has 30 heteroatoms. The molecule has 14 unspecified atom stereocenters. The maximum Gasteiger partial charge on any atom is 0.397 e. The van der Waals surface area contributed by atoms with Crippen LogP contribution in [0, 0.1) is 71.5 Å². The maximum atomic E-state index is 12.5. The molecule has 0 saturated carbocycles. The van der Waals surface area contributed by atoms with Gasteiger partial charge in [-0.05, 0) is 61.6 Å². The van der Waals surface area contributed by atoms with Crippen LogP contribution in [0.5, 0.6) is 0 Å². The fourth-order valence-corrected chi connectivity index (χ4v) is 15.4. The van der Waals surface area contributed by atoms with Crippen molar-refractivity contribution in [3.8, 4) is 12.3 Å². The zero-order valence-electron chi connectivity index (χ0n) is 60.3. The van der Waals surface area contributed by atoms with E-state index in [0.29, 0.717) is 19.4 Å². The van der Waals surface area contributed by atoms with Gasteiger partial charge in [0.2, 0.25) is 0 Å². The largest absolute Gasteiger partial charge is 0.397 e. The lowest BCUT2D eigenvalue weighted by Gasteiger charge is -2.52. The Kier molecular flexibility index (Phi) is 29.8. The molecule has 574 valence electrons. The van der Waals surface area contributed by atoms with Crippen molar-refractivity contribution in [2.45, 2.75) is 246 Å². The van der Waals surface area contributed by atoms with E-state index >= 15 is 0 Å². The van der Waals surface area contributed by atoms with Crippen LogP contribution in [0.25, 0.3) is 0 Å². The van der Waals surface area contributed by atoms with Gasteiger partial charge in [-0.1, -0.05) is 160 Å². The van der Waals surface area contributed by atoms with Crippen molar-refractivity contribution >= 4 is 31.2 Å². The van der Waals surface area contributed by atoms with Gasteiger partial charge in [-0.25, -0.2) is 12.5 Å². The fraction of sp³-hybridized carbons (Fsp3) is 0.722. The van der Waals surface area contributed by atoms with Crippen molar-refractivity contribution in [3.63, 3.8) is 0 Å². The number of hydrogen-bond donors (Lipinski definition) is 3. The second-order valence-corrected chi connectivity index (χ2v) is 31.7. The minimum atomic E-state index is -5.05. The highest BCUT2D eigenvalue weighted by Gasteiger charge is 2.56. The summed E-state index contributed by atoms with van der Waals surface area (Å²) < 4.78 is 219. The Bertz CT molecular complexity index is 3430. The topological polar surface area (TPSA) is 329 Å². The lowest BCUT2D eigenvalue weighted by molar-refractivity contribution is -0.376. The van der Waals surface area contributed by atoms with Crippen LogP contribution in [0.1, 0.15) is 120 Å². The summed E-state index contributed by atoms with van der Waals surface area (Å²) in [6.45, 7) is 23.7. The van der Waals surface area contributed by atoms with Crippen LogP contribution in [0.4, 0.5) is 0 Å². The normalized spacial score (nSPS) is 39.4. The summed E-state index contributed by atoms with van der Waals surface area (Å²) in [5.41, 5.74) is 2.71. The number of terminal acetylenes is 1. The van der Waals surface area contributed by atoms with E-state index in [0.717, 1.165) is 16.7 Å². The molecule has 0 amide bonds. The molecule has 0 spiro atoms. The van der Waals surface area contributed by atoms with Gasteiger partial charge in [0, 0.05) is 47.8 Å². The summed E-state index contributed by atoms with van der Waals surface area (Å²) in [4.78, 5) is 0. The first-order chi connectivity index (χ1) is 48.3. The molecule has 6 aliphatic heterocycles. The molecule has 0 bridgehead atoms. The fourth-order valence-electron chi connectivity index (χ4n) is 14.5. The first-order valence-electron chi connectivity index (χ1n) is 35.4. The van der Waals surface area contributed by atoms with Gasteiger partial charge in [0.15, 0.2) is 37.7 Å². The van der Waals surface area contributed by atoms with Crippen LogP contribution in [0.3, 0.4) is 0 Å². The summed E-state index contributed by atoms with van der Waals surface area (Å²) in [5.74, 6) is -1.56. The second-order valence-electron chi connectivity index (χ2n) is 28.5. The minimum Gasteiger partial charge on any atom is -0.373 e. The SMILES string of the molecule is C#CCCCOC1OC(COS(=O)(=O)O)[C@@H](O[C@@H]2OC(C)C(O[C@@H]3OC(COS(=O)(=O)O)[C@@H](O[C@@H]4OC(C)[C@@H](O[C@@H]5OC(COS(=O)(=O)O)[C@@H](O[C@@H]6OC(C)[C@@H](C)[C@@H](OCc7ccccc7)C6C)[C@H](C)C5C)[C@@H](OCc5ccccc5)C4C)[C@H](C)C3C)[C@@H](OCc3ccccc3)C2C)[C@H](C)C1C. The van der Waals surface area contributed by atoms with Gasteiger partial charge in [-0.15, -0.1) is 12.3 Å². The molecule has 30 atom stereocenters. The first-order valence-corrected chi connectivity index (χ1v) is 39.5. The van der Waals surface area contributed by atoms with Gasteiger partial charge < -0.3 is 71.1 Å². The number of benzene rings is 3. The van der Waals surface area contributed by atoms with E-state index in [2.05, 4.69) is 12.8 Å². The van der Waals surface area contributed by atoms with Gasteiger partial charge in [0.1, 0.15) is 30.5 Å². The second kappa shape index (κ2) is 36.9. The number of rotatable bonds is 32. The maximum absolute atomic E-state index is 12.5. The molecule has 27 nitrogen and oxygen atoms in total. The molecule has 3 N–H and O–H groups in total. The summed E-state index contributed by atoms with van der Waals surface area (Å²) in [5, 5.41) is 0. The third kappa shape index (κ3) is 22.0. The standard InChI is InChI=1S/C72H106O27S3/c1-15-16-26-33-82-67-43(5)40(2)60(56(92-67)37-86-100(73,74)75)96-71-48(10)63(84-35-54-29-22-18-23-30-54)65(51(13)90-71)99-69-45(7)42(4)62(58(94-69)39-88-102(79,80)81)97-72-49(11)64(85-36-55-31-24-19-25-32-55)66(52(14)91-72)98-68-44(6)41(3)61(57(93-68)38-87-101(76,77)78)95-70-47(9)59(46(8)50(12)89-70)83-34-53-27-20-17-21-28-53/h1,17-25,27-32,40-52,56-72H,16,26,33-39H2,2-14H3,(H,73,74,75)(H,76,77,78)(H,79,80,81)/t40-,41-,42-,43?,44?,45?,46-,47?,48?,49?,50?,51?,52?,56?,57?,58?,59-,60+,61+,62+,63+,64+,65?,66-,67?,68+,69+,70+,71+,72+/m1/s1. The lowest BCUT2D eigenvalue weighted by atomic mass is 9.83. The molecule has 0 radical (unpaired) electrons. The van der Waals surface area contributed by atoms with Gasteiger partial charge in [0.25, 0.3) is 0 Å². The van der Waals surface area contributed by atoms with Crippen molar-refractivity contribution in [1.82, 2.24) is 0 Å². The monoisotopic (exact) mass is 1500 g/mol. The van der Waals surface area contributed by atoms with Crippen LogP contribution in [0.2, 0.25) is 0 Å². The highest BCUT2D eigenvalue weighted by molar-refractivity contribution is 7.81. The first kappa shape index (κ1) is 82.3. The Morgan fingerprint density at radius 2 is 0.637 bits per heavy atom. The highest BCUT2D eigenvalue weighted by atomic mass is 32.3. The Balaban J connectivity index is 0.935. The number of ether oxygens (including phenoxy) is 15. The van der Waals surface area contributed by atoms with Crippen molar-refractivity contribution in [2.75, 3.05) is 26.4 Å². The van der Waals surface area contributed by atoms with Crippen molar-refractivity contribution in [2.24, 2.45) is 59.2 Å². The Morgan fingerprint density at radius 3 is 0.980 bits per heavy atom. The lowest BCUT2D eigenvalue weighted by Crippen LogP contribution is -2.62. The number of unbranched alkanes of at least 4 members (excludes halogenated alkanes) is 1. The molecule has 9 rings (SSSR count). The van der Waals surface area contributed by atoms with Gasteiger partial charge >= 0.3 is 31.2 Å². The average molecular weight is 1500 g/mol. The van der Waals surface area contributed by atoms with E-state index in [1.54, 1.807) is 13.8 Å². The molecule has 3 aromatic carbocycles. The minimum absolute atomic E-state index is 0.0108.